The average molecular weight is 359 g/mol. The van der Waals surface area contributed by atoms with E-state index in [9.17, 15) is 9.59 Å². The van der Waals surface area contributed by atoms with Crippen molar-refractivity contribution in [3.05, 3.63) is 70.7 Å². The number of nitrogens with one attached hydrogen (secondary N) is 1. The second-order valence-corrected chi connectivity index (χ2v) is 6.62. The fourth-order valence-corrected chi connectivity index (χ4v) is 2.76. The standard InChI is InChI=1S/C20H23ClN2O2/c1-14(22-20(25)16-8-5-4-6-9-16)12-19(24)23(3)15(2)17-10-7-11-18(21)13-17/h4-11,13-15H,12H2,1-3H3,(H,22,25). The van der Waals surface area contributed by atoms with Crippen LogP contribution in [0.4, 0.5) is 0 Å². The maximum absolute atomic E-state index is 12.5. The number of hydrogen-bond donors (Lipinski definition) is 1. The molecule has 132 valence electrons. The molecule has 0 aliphatic rings. The van der Waals surface area contributed by atoms with E-state index >= 15 is 0 Å². The van der Waals surface area contributed by atoms with E-state index in [4.69, 9.17) is 11.6 Å². The van der Waals surface area contributed by atoms with Crippen LogP contribution in [0.15, 0.2) is 54.6 Å². The summed E-state index contributed by atoms with van der Waals surface area (Å²) in [7, 11) is 1.76. The molecule has 0 aromatic heterocycles. The van der Waals surface area contributed by atoms with Crippen LogP contribution in [0, 0.1) is 0 Å². The van der Waals surface area contributed by atoms with E-state index in [0.717, 1.165) is 5.56 Å². The summed E-state index contributed by atoms with van der Waals surface area (Å²) >= 11 is 6.02. The van der Waals surface area contributed by atoms with E-state index in [-0.39, 0.29) is 30.3 Å². The van der Waals surface area contributed by atoms with Crippen LogP contribution in [0.1, 0.15) is 42.2 Å². The highest BCUT2D eigenvalue weighted by molar-refractivity contribution is 6.30. The van der Waals surface area contributed by atoms with Gasteiger partial charge in [-0.15, -0.1) is 0 Å². The lowest BCUT2D eigenvalue weighted by atomic mass is 10.1. The Bertz CT molecular complexity index is 733. The Balaban J connectivity index is 1.92. The molecule has 4 nitrogen and oxygen atoms in total. The molecule has 2 aromatic carbocycles. The van der Waals surface area contributed by atoms with E-state index in [1.165, 1.54) is 0 Å². The van der Waals surface area contributed by atoms with Gasteiger partial charge in [0.2, 0.25) is 5.91 Å². The zero-order valence-corrected chi connectivity index (χ0v) is 15.5. The van der Waals surface area contributed by atoms with Crippen LogP contribution in [0.5, 0.6) is 0 Å². The number of amides is 2. The van der Waals surface area contributed by atoms with Crippen molar-refractivity contribution in [2.75, 3.05) is 7.05 Å². The average Bonchev–Trinajstić information content (AvgIpc) is 2.61. The van der Waals surface area contributed by atoms with E-state index in [2.05, 4.69) is 5.32 Å². The van der Waals surface area contributed by atoms with Gasteiger partial charge in [0, 0.05) is 30.1 Å². The van der Waals surface area contributed by atoms with Crippen LogP contribution in [0.25, 0.3) is 0 Å². The molecule has 1 N–H and O–H groups in total. The monoisotopic (exact) mass is 358 g/mol. The van der Waals surface area contributed by atoms with Crippen LogP contribution >= 0.6 is 11.6 Å². The van der Waals surface area contributed by atoms with Crippen LogP contribution in [0.2, 0.25) is 5.02 Å². The molecular formula is C20H23ClN2O2. The highest BCUT2D eigenvalue weighted by Crippen LogP contribution is 2.22. The first-order valence-electron chi connectivity index (χ1n) is 8.25. The van der Waals surface area contributed by atoms with Gasteiger partial charge in [0.15, 0.2) is 0 Å². The van der Waals surface area contributed by atoms with E-state index in [1.807, 2.05) is 50.2 Å². The summed E-state index contributed by atoms with van der Waals surface area (Å²) in [5.41, 5.74) is 1.56. The number of halogens is 1. The smallest absolute Gasteiger partial charge is 0.251 e. The summed E-state index contributed by atoms with van der Waals surface area (Å²) in [6.45, 7) is 3.79. The minimum absolute atomic E-state index is 0.0339. The van der Waals surface area contributed by atoms with Gasteiger partial charge in [-0.05, 0) is 43.7 Å². The Hall–Kier alpha value is -2.33. The molecule has 0 heterocycles. The lowest BCUT2D eigenvalue weighted by Gasteiger charge is -2.27. The highest BCUT2D eigenvalue weighted by atomic mass is 35.5. The van der Waals surface area contributed by atoms with Gasteiger partial charge >= 0.3 is 0 Å². The molecule has 0 fully saturated rings. The quantitative estimate of drug-likeness (QED) is 0.846. The summed E-state index contributed by atoms with van der Waals surface area (Å²) in [5.74, 6) is -0.209. The van der Waals surface area contributed by atoms with Gasteiger partial charge in [0.1, 0.15) is 0 Å². The van der Waals surface area contributed by atoms with E-state index in [0.29, 0.717) is 10.6 Å². The zero-order valence-electron chi connectivity index (χ0n) is 14.7. The number of nitrogens with zero attached hydrogens (tertiary/aromatic N) is 1. The molecule has 0 bridgehead atoms. The van der Waals surface area contributed by atoms with Gasteiger partial charge in [0.25, 0.3) is 5.91 Å². The zero-order chi connectivity index (χ0) is 18.4. The van der Waals surface area contributed by atoms with Crippen molar-refractivity contribution < 1.29 is 9.59 Å². The molecule has 0 saturated carbocycles. The normalized spacial score (nSPS) is 13.0. The lowest BCUT2D eigenvalue weighted by molar-refractivity contribution is -0.132. The van der Waals surface area contributed by atoms with Crippen molar-refractivity contribution in [3.8, 4) is 0 Å². The van der Waals surface area contributed by atoms with Crippen molar-refractivity contribution >= 4 is 23.4 Å². The van der Waals surface area contributed by atoms with Crippen molar-refractivity contribution in [1.29, 1.82) is 0 Å². The van der Waals surface area contributed by atoms with Gasteiger partial charge in [-0.1, -0.05) is 41.9 Å². The fourth-order valence-electron chi connectivity index (χ4n) is 2.56. The van der Waals surface area contributed by atoms with Crippen molar-refractivity contribution in [2.24, 2.45) is 0 Å². The molecule has 5 heteroatoms. The SMILES string of the molecule is CC(CC(=O)N(C)C(C)c1cccc(Cl)c1)NC(=O)c1ccccc1. The molecule has 2 rings (SSSR count). The van der Waals surface area contributed by atoms with Gasteiger partial charge in [-0.2, -0.15) is 0 Å². The van der Waals surface area contributed by atoms with Crippen molar-refractivity contribution in [2.45, 2.75) is 32.4 Å². The summed E-state index contributed by atoms with van der Waals surface area (Å²) in [5, 5.41) is 3.51. The van der Waals surface area contributed by atoms with Gasteiger partial charge in [-0.25, -0.2) is 0 Å². The van der Waals surface area contributed by atoms with E-state index in [1.54, 1.807) is 30.1 Å². The number of rotatable bonds is 6. The second-order valence-electron chi connectivity index (χ2n) is 6.18. The van der Waals surface area contributed by atoms with Gasteiger partial charge < -0.3 is 10.2 Å². The van der Waals surface area contributed by atoms with Crippen LogP contribution in [-0.4, -0.2) is 29.8 Å². The molecule has 0 aliphatic heterocycles. The lowest BCUT2D eigenvalue weighted by Crippen LogP contribution is -2.38. The first-order valence-corrected chi connectivity index (χ1v) is 8.63. The van der Waals surface area contributed by atoms with Gasteiger partial charge in [-0.3, -0.25) is 9.59 Å². The highest BCUT2D eigenvalue weighted by Gasteiger charge is 2.20. The van der Waals surface area contributed by atoms with Crippen LogP contribution < -0.4 is 5.32 Å². The minimum atomic E-state index is -0.255. The molecular weight excluding hydrogens is 336 g/mol. The number of carbonyl (C=O) groups excluding carboxylic acids is 2. The Morgan fingerprint density at radius 3 is 2.40 bits per heavy atom. The third kappa shape index (κ3) is 5.33. The summed E-state index contributed by atoms with van der Waals surface area (Å²) in [4.78, 5) is 26.3. The van der Waals surface area contributed by atoms with Crippen molar-refractivity contribution in [1.82, 2.24) is 10.2 Å². The first-order chi connectivity index (χ1) is 11.9. The number of carbonyl (C=O) groups is 2. The molecule has 2 unspecified atom stereocenters. The third-order valence-corrected chi connectivity index (χ3v) is 4.43. The van der Waals surface area contributed by atoms with Crippen LogP contribution in [-0.2, 0) is 4.79 Å². The minimum Gasteiger partial charge on any atom is -0.349 e. The predicted molar refractivity (Wildman–Crippen MR) is 101 cm³/mol. The molecule has 2 atom stereocenters. The second kappa shape index (κ2) is 8.67. The number of hydrogen-bond acceptors (Lipinski definition) is 2. The Morgan fingerprint density at radius 1 is 1.08 bits per heavy atom. The predicted octanol–water partition coefficient (Wildman–Crippen LogP) is 4.07. The molecule has 0 spiro atoms. The molecule has 0 aliphatic carbocycles. The Morgan fingerprint density at radius 2 is 1.76 bits per heavy atom. The summed E-state index contributed by atoms with van der Waals surface area (Å²) < 4.78 is 0. The topological polar surface area (TPSA) is 49.4 Å². The number of benzene rings is 2. The van der Waals surface area contributed by atoms with Gasteiger partial charge in [0.05, 0.1) is 6.04 Å². The Labute approximate surface area is 153 Å². The molecule has 2 aromatic rings. The molecule has 25 heavy (non-hydrogen) atoms. The van der Waals surface area contributed by atoms with Crippen molar-refractivity contribution in [3.63, 3.8) is 0 Å². The fraction of sp³-hybridized carbons (Fsp3) is 0.300. The molecule has 2 amide bonds. The summed E-state index contributed by atoms with van der Waals surface area (Å²) in [6, 6.07) is 16.1. The van der Waals surface area contributed by atoms with Crippen LogP contribution in [0.3, 0.4) is 0 Å². The Kier molecular flexibility index (Phi) is 6.59. The first kappa shape index (κ1) is 19.0. The third-order valence-electron chi connectivity index (χ3n) is 4.20. The molecule has 0 radical (unpaired) electrons. The van der Waals surface area contributed by atoms with E-state index < -0.39 is 0 Å². The molecule has 0 saturated heterocycles. The maximum atomic E-state index is 12.5. The maximum Gasteiger partial charge on any atom is 0.251 e. The summed E-state index contributed by atoms with van der Waals surface area (Å²) in [6.07, 6.45) is 0.236. The largest absolute Gasteiger partial charge is 0.349 e.